The number of imide groups is 1. The molecule has 5 heterocycles. The van der Waals surface area contributed by atoms with Crippen molar-refractivity contribution >= 4 is 23.1 Å². The van der Waals surface area contributed by atoms with E-state index in [0.717, 1.165) is 36.8 Å². The number of likely N-dealkylation sites (tertiary alicyclic amines) is 1. The monoisotopic (exact) mass is 439 g/mol. The van der Waals surface area contributed by atoms with Crippen LogP contribution in [0.15, 0.2) is 24.5 Å². The molecule has 2 aromatic rings. The number of anilines is 1. The van der Waals surface area contributed by atoms with Gasteiger partial charge in [-0.25, -0.2) is 9.31 Å². The minimum atomic E-state index is -0.368. The van der Waals surface area contributed by atoms with E-state index in [4.69, 9.17) is 4.74 Å². The number of hydrogen-bond acceptors (Lipinski definition) is 5. The molecule has 3 aliphatic heterocycles. The summed E-state index contributed by atoms with van der Waals surface area (Å²) in [4.78, 5) is 28.1. The van der Waals surface area contributed by atoms with Gasteiger partial charge in [-0.1, -0.05) is 0 Å². The zero-order chi connectivity index (χ0) is 22.1. The third-order valence-electron chi connectivity index (χ3n) is 7.39. The lowest BCUT2D eigenvalue weighted by Gasteiger charge is -2.40. The van der Waals surface area contributed by atoms with Crippen molar-refractivity contribution in [3.63, 3.8) is 0 Å². The number of piperidine rings is 1. The smallest absolute Gasteiger partial charge is 0.328 e. The molecule has 0 radical (unpaired) electrons. The highest BCUT2D eigenvalue weighted by Gasteiger charge is 2.29. The van der Waals surface area contributed by atoms with Crippen LogP contribution in [0.4, 0.5) is 10.5 Å². The van der Waals surface area contributed by atoms with E-state index in [1.807, 2.05) is 10.7 Å². The molecular formula is C24H33N5O3. The Kier molecular flexibility index (Phi) is 6.15. The molecule has 8 heteroatoms. The number of hydrogen-bond donors (Lipinski definition) is 1. The third-order valence-corrected chi connectivity index (χ3v) is 7.39. The Morgan fingerprint density at radius 2 is 2.00 bits per heavy atom. The zero-order valence-corrected chi connectivity index (χ0v) is 18.8. The highest BCUT2D eigenvalue weighted by atomic mass is 16.5. The first-order valence-corrected chi connectivity index (χ1v) is 12.0. The second kappa shape index (κ2) is 9.19. The number of urea groups is 1. The van der Waals surface area contributed by atoms with Crippen molar-refractivity contribution in [1.82, 2.24) is 19.8 Å². The zero-order valence-electron chi connectivity index (χ0n) is 18.8. The van der Waals surface area contributed by atoms with Crippen molar-refractivity contribution in [1.29, 1.82) is 0 Å². The number of carbonyl (C=O) groups excluding carboxylic acids is 2. The summed E-state index contributed by atoms with van der Waals surface area (Å²) in [6, 6.07) is 4.54. The molecule has 0 aliphatic carbocycles. The quantitative estimate of drug-likeness (QED) is 0.775. The maximum absolute atomic E-state index is 12.3. The van der Waals surface area contributed by atoms with Gasteiger partial charge in [-0.15, -0.1) is 0 Å². The van der Waals surface area contributed by atoms with Crippen LogP contribution in [0.1, 0.15) is 44.6 Å². The van der Waals surface area contributed by atoms with Crippen molar-refractivity contribution in [3.8, 4) is 0 Å². The van der Waals surface area contributed by atoms with Crippen molar-refractivity contribution in [3.05, 3.63) is 30.1 Å². The van der Waals surface area contributed by atoms with Crippen LogP contribution in [0.25, 0.3) is 5.52 Å². The van der Waals surface area contributed by atoms with E-state index >= 15 is 0 Å². The molecule has 3 amide bonds. The van der Waals surface area contributed by atoms with Crippen molar-refractivity contribution in [2.45, 2.75) is 51.5 Å². The molecule has 8 nitrogen and oxygen atoms in total. The number of carbonyl (C=O) groups is 2. The van der Waals surface area contributed by atoms with E-state index in [0.29, 0.717) is 24.9 Å². The van der Waals surface area contributed by atoms with Gasteiger partial charge in [-0.3, -0.25) is 15.0 Å². The van der Waals surface area contributed by atoms with Crippen molar-refractivity contribution in [2.24, 2.45) is 11.8 Å². The van der Waals surface area contributed by atoms with Crippen LogP contribution in [0.2, 0.25) is 0 Å². The molecule has 172 valence electrons. The molecule has 0 bridgehead atoms. The van der Waals surface area contributed by atoms with Crippen LogP contribution in [-0.2, 0) is 16.0 Å². The fourth-order valence-corrected chi connectivity index (χ4v) is 5.51. The predicted molar refractivity (Wildman–Crippen MR) is 122 cm³/mol. The Hall–Kier alpha value is -2.45. The maximum atomic E-state index is 12.3. The number of aromatic nitrogens is 2. The number of pyridine rings is 1. The number of nitrogens with one attached hydrogen (secondary N) is 1. The molecule has 5 rings (SSSR count). The number of ether oxygens (including phenoxy) is 1. The van der Waals surface area contributed by atoms with Crippen LogP contribution in [0, 0.1) is 11.8 Å². The number of nitrogens with zero attached hydrogens (tertiary/aromatic N) is 4. The van der Waals surface area contributed by atoms with Gasteiger partial charge in [0.25, 0.3) is 0 Å². The fourth-order valence-electron chi connectivity index (χ4n) is 5.51. The summed E-state index contributed by atoms with van der Waals surface area (Å²) in [6.45, 7) is 6.99. The van der Waals surface area contributed by atoms with Gasteiger partial charge in [0.2, 0.25) is 5.91 Å². The van der Waals surface area contributed by atoms with E-state index in [1.165, 1.54) is 44.3 Å². The Labute approximate surface area is 188 Å². The molecule has 2 aromatic heterocycles. The number of amides is 3. The molecule has 3 saturated heterocycles. The normalized spacial score (nSPS) is 26.0. The van der Waals surface area contributed by atoms with E-state index in [1.54, 1.807) is 11.1 Å². The first-order valence-electron chi connectivity index (χ1n) is 12.0. The topological polar surface area (TPSA) is 79.2 Å². The summed E-state index contributed by atoms with van der Waals surface area (Å²) in [6.07, 6.45) is 9.89. The largest absolute Gasteiger partial charge is 0.381 e. The van der Waals surface area contributed by atoms with Gasteiger partial charge in [-0.05, 0) is 75.1 Å². The van der Waals surface area contributed by atoms with Gasteiger partial charge < -0.3 is 9.64 Å². The molecule has 2 atom stereocenters. The standard InChI is InChI=1S/C24H33N5O3/c1-17-12-19(2-7-27(17)16-18-5-10-32-11-6-18)13-20-3-9-29-21(14-20)22(15-25-29)28-8-4-23(30)26-24(28)31/h3,9,14-15,17-19H,2,4-8,10-13,16H2,1H3,(H,26,30,31)/t17-,19-/m0/s1. The van der Waals surface area contributed by atoms with E-state index in [-0.39, 0.29) is 11.9 Å². The Morgan fingerprint density at radius 1 is 1.16 bits per heavy atom. The van der Waals surface area contributed by atoms with Gasteiger partial charge in [-0.2, -0.15) is 5.10 Å². The lowest BCUT2D eigenvalue weighted by molar-refractivity contribution is -0.120. The number of rotatable bonds is 5. The number of fused-ring (bicyclic) bond motifs is 1. The average molecular weight is 440 g/mol. The molecule has 3 aliphatic rings. The van der Waals surface area contributed by atoms with Crippen LogP contribution in [0.3, 0.4) is 0 Å². The maximum Gasteiger partial charge on any atom is 0.328 e. The lowest BCUT2D eigenvalue weighted by atomic mass is 9.85. The molecule has 0 spiro atoms. The SMILES string of the molecule is C[C@H]1C[C@@H](Cc2ccn3ncc(N4CCC(=O)NC4=O)c3c2)CCN1CC1CCOCC1. The Morgan fingerprint density at radius 3 is 2.78 bits per heavy atom. The highest BCUT2D eigenvalue weighted by Crippen LogP contribution is 2.30. The molecule has 0 saturated carbocycles. The first kappa shape index (κ1) is 21.4. The molecule has 3 fully saturated rings. The summed E-state index contributed by atoms with van der Waals surface area (Å²) in [5, 5.41) is 6.81. The van der Waals surface area contributed by atoms with Crippen LogP contribution in [0.5, 0.6) is 0 Å². The summed E-state index contributed by atoms with van der Waals surface area (Å²) in [7, 11) is 0. The fraction of sp³-hybridized carbons (Fsp3) is 0.625. The second-order valence-corrected chi connectivity index (χ2v) is 9.64. The van der Waals surface area contributed by atoms with Crippen molar-refractivity contribution < 1.29 is 14.3 Å². The van der Waals surface area contributed by atoms with Gasteiger partial charge in [0.15, 0.2) is 0 Å². The predicted octanol–water partition coefficient (Wildman–Crippen LogP) is 2.85. The third kappa shape index (κ3) is 4.52. The lowest BCUT2D eigenvalue weighted by Crippen LogP contribution is -2.49. The highest BCUT2D eigenvalue weighted by molar-refractivity contribution is 6.07. The van der Waals surface area contributed by atoms with Crippen LogP contribution < -0.4 is 10.2 Å². The first-order chi connectivity index (χ1) is 15.6. The van der Waals surface area contributed by atoms with E-state index < -0.39 is 0 Å². The van der Waals surface area contributed by atoms with E-state index in [2.05, 4.69) is 34.4 Å². The van der Waals surface area contributed by atoms with Gasteiger partial charge in [0.1, 0.15) is 0 Å². The van der Waals surface area contributed by atoms with E-state index in [9.17, 15) is 9.59 Å². The van der Waals surface area contributed by atoms with Crippen molar-refractivity contribution in [2.75, 3.05) is 37.7 Å². The Balaban J connectivity index is 1.24. The average Bonchev–Trinajstić information content (AvgIpc) is 3.19. The molecule has 32 heavy (non-hydrogen) atoms. The summed E-state index contributed by atoms with van der Waals surface area (Å²) in [5.41, 5.74) is 2.95. The van der Waals surface area contributed by atoms with Crippen LogP contribution in [-0.4, -0.2) is 65.3 Å². The molecular weight excluding hydrogens is 406 g/mol. The van der Waals surface area contributed by atoms with Gasteiger partial charge >= 0.3 is 6.03 Å². The summed E-state index contributed by atoms with van der Waals surface area (Å²) < 4.78 is 7.32. The Bertz CT molecular complexity index is 983. The summed E-state index contributed by atoms with van der Waals surface area (Å²) in [5.74, 6) is 1.23. The molecule has 0 unspecified atom stereocenters. The molecule has 0 aromatic carbocycles. The van der Waals surface area contributed by atoms with Gasteiger partial charge in [0.05, 0.1) is 17.4 Å². The molecule has 1 N–H and O–H groups in total. The van der Waals surface area contributed by atoms with Crippen LogP contribution >= 0.6 is 0 Å². The summed E-state index contributed by atoms with van der Waals surface area (Å²) >= 11 is 0. The minimum Gasteiger partial charge on any atom is -0.381 e. The minimum absolute atomic E-state index is 0.222. The second-order valence-electron chi connectivity index (χ2n) is 9.64. The van der Waals surface area contributed by atoms with Gasteiger partial charge in [0, 0.05) is 45.0 Å².